The second-order valence-electron chi connectivity index (χ2n) is 4.87. The molecule has 1 aliphatic heterocycles. The van der Waals surface area contributed by atoms with Crippen molar-refractivity contribution in [2.24, 2.45) is 5.73 Å². The van der Waals surface area contributed by atoms with Crippen LogP contribution in [-0.2, 0) is 0 Å². The van der Waals surface area contributed by atoms with Crippen molar-refractivity contribution in [1.82, 2.24) is 4.90 Å². The fourth-order valence-electron chi connectivity index (χ4n) is 2.50. The molecule has 0 fully saturated rings. The van der Waals surface area contributed by atoms with E-state index < -0.39 is 0 Å². The van der Waals surface area contributed by atoms with E-state index in [9.17, 15) is 0 Å². The van der Waals surface area contributed by atoms with Gasteiger partial charge in [0.15, 0.2) is 11.5 Å². The first-order valence-electron chi connectivity index (χ1n) is 7.21. The predicted molar refractivity (Wildman–Crippen MR) is 82.3 cm³/mol. The summed E-state index contributed by atoms with van der Waals surface area (Å²) in [5.74, 6) is 1.61. The molecule has 1 heterocycles. The zero-order valence-electron chi connectivity index (χ0n) is 12.4. The Balaban J connectivity index is 2.15. The largest absolute Gasteiger partial charge is 0.493 e. The van der Waals surface area contributed by atoms with Crippen LogP contribution < -0.4 is 15.2 Å². The molecule has 0 spiro atoms. The van der Waals surface area contributed by atoms with E-state index in [2.05, 4.69) is 23.1 Å². The van der Waals surface area contributed by atoms with Gasteiger partial charge in [0.2, 0.25) is 0 Å². The number of ether oxygens (including phenoxy) is 2. The normalized spacial score (nSPS) is 15.8. The van der Waals surface area contributed by atoms with Gasteiger partial charge in [-0.1, -0.05) is 12.1 Å². The Bertz CT molecular complexity index is 472. The lowest BCUT2D eigenvalue weighted by Gasteiger charge is -2.26. The van der Waals surface area contributed by atoms with Crippen molar-refractivity contribution in [3.8, 4) is 11.5 Å². The summed E-state index contributed by atoms with van der Waals surface area (Å²) in [6.07, 6.45) is 3.34. The van der Waals surface area contributed by atoms with Gasteiger partial charge in [-0.3, -0.25) is 4.90 Å². The fraction of sp³-hybridized carbons (Fsp3) is 0.500. The molecule has 0 saturated carbocycles. The lowest BCUT2D eigenvalue weighted by atomic mass is 9.99. The molecule has 20 heavy (non-hydrogen) atoms. The van der Waals surface area contributed by atoms with Crippen LogP contribution in [0.15, 0.2) is 24.3 Å². The smallest absolute Gasteiger partial charge is 0.161 e. The molecular weight excluding hydrogens is 252 g/mol. The van der Waals surface area contributed by atoms with Crippen molar-refractivity contribution in [3.05, 3.63) is 29.8 Å². The highest BCUT2D eigenvalue weighted by molar-refractivity contribution is 5.69. The summed E-state index contributed by atoms with van der Waals surface area (Å²) >= 11 is 0. The van der Waals surface area contributed by atoms with E-state index in [1.54, 1.807) is 7.11 Å². The molecule has 0 saturated heterocycles. The van der Waals surface area contributed by atoms with Gasteiger partial charge in [0.1, 0.15) is 0 Å². The molecule has 110 valence electrons. The number of methoxy groups -OCH3 is 1. The minimum atomic E-state index is 0.642. The number of hydrogen-bond donors (Lipinski definition) is 1. The Hall–Kier alpha value is -1.52. The Morgan fingerprint density at radius 2 is 2.15 bits per heavy atom. The summed E-state index contributed by atoms with van der Waals surface area (Å²) in [6, 6.07) is 6.16. The zero-order chi connectivity index (χ0) is 14.4. The molecule has 0 radical (unpaired) electrons. The molecule has 4 nitrogen and oxygen atoms in total. The van der Waals surface area contributed by atoms with Crippen molar-refractivity contribution in [2.45, 2.75) is 13.3 Å². The average molecular weight is 276 g/mol. The van der Waals surface area contributed by atoms with Crippen molar-refractivity contribution in [2.75, 3.05) is 39.9 Å². The van der Waals surface area contributed by atoms with Gasteiger partial charge in [0.05, 0.1) is 13.7 Å². The van der Waals surface area contributed by atoms with E-state index in [1.807, 2.05) is 13.0 Å². The minimum Gasteiger partial charge on any atom is -0.493 e. The molecule has 0 unspecified atom stereocenters. The van der Waals surface area contributed by atoms with Crippen LogP contribution in [0.5, 0.6) is 11.5 Å². The third-order valence-electron chi connectivity index (χ3n) is 3.57. The van der Waals surface area contributed by atoms with Gasteiger partial charge in [-0.25, -0.2) is 0 Å². The second kappa shape index (κ2) is 7.31. The Morgan fingerprint density at radius 3 is 2.75 bits per heavy atom. The Kier molecular flexibility index (Phi) is 5.44. The molecular formula is C16H24N2O2. The maximum absolute atomic E-state index is 5.64. The van der Waals surface area contributed by atoms with Crippen LogP contribution in [0, 0.1) is 0 Å². The first kappa shape index (κ1) is 14.9. The van der Waals surface area contributed by atoms with Crippen molar-refractivity contribution in [1.29, 1.82) is 0 Å². The number of rotatable bonds is 6. The topological polar surface area (TPSA) is 47.7 Å². The maximum Gasteiger partial charge on any atom is 0.161 e. The van der Waals surface area contributed by atoms with Gasteiger partial charge < -0.3 is 15.2 Å². The van der Waals surface area contributed by atoms with Gasteiger partial charge in [0.25, 0.3) is 0 Å². The van der Waals surface area contributed by atoms with E-state index in [0.29, 0.717) is 6.61 Å². The molecule has 4 heteroatoms. The number of hydrogen-bond acceptors (Lipinski definition) is 4. The fourth-order valence-corrected chi connectivity index (χ4v) is 2.50. The highest BCUT2D eigenvalue weighted by Gasteiger charge is 2.14. The molecule has 0 amide bonds. The summed E-state index contributed by atoms with van der Waals surface area (Å²) in [6.45, 7) is 6.36. The van der Waals surface area contributed by atoms with Gasteiger partial charge in [-0.05, 0) is 36.6 Å². The highest BCUT2D eigenvalue weighted by atomic mass is 16.5. The molecule has 0 aliphatic carbocycles. The summed E-state index contributed by atoms with van der Waals surface area (Å²) in [5.41, 5.74) is 8.20. The summed E-state index contributed by atoms with van der Waals surface area (Å²) in [4.78, 5) is 2.37. The van der Waals surface area contributed by atoms with E-state index in [-0.39, 0.29) is 0 Å². The third-order valence-corrected chi connectivity index (χ3v) is 3.57. The SMILES string of the molecule is CCOc1cc(C2=CCN(CCN)CC2)ccc1OC. The minimum absolute atomic E-state index is 0.642. The van der Waals surface area contributed by atoms with Crippen LogP contribution in [0.4, 0.5) is 0 Å². The molecule has 1 aromatic carbocycles. The Morgan fingerprint density at radius 1 is 1.30 bits per heavy atom. The molecule has 0 aromatic heterocycles. The van der Waals surface area contributed by atoms with Crippen LogP contribution in [0.1, 0.15) is 18.9 Å². The van der Waals surface area contributed by atoms with E-state index in [0.717, 1.165) is 44.1 Å². The van der Waals surface area contributed by atoms with Gasteiger partial charge in [-0.2, -0.15) is 0 Å². The van der Waals surface area contributed by atoms with E-state index >= 15 is 0 Å². The third kappa shape index (κ3) is 3.52. The summed E-state index contributed by atoms with van der Waals surface area (Å²) in [5, 5.41) is 0. The average Bonchev–Trinajstić information content (AvgIpc) is 2.49. The van der Waals surface area contributed by atoms with Crippen molar-refractivity contribution >= 4 is 5.57 Å². The Labute approximate surface area is 121 Å². The maximum atomic E-state index is 5.64. The summed E-state index contributed by atoms with van der Waals surface area (Å²) < 4.78 is 11.0. The predicted octanol–water partition coefficient (Wildman–Crippen LogP) is 2.14. The first-order chi connectivity index (χ1) is 9.78. The first-order valence-corrected chi connectivity index (χ1v) is 7.21. The number of nitrogens with two attached hydrogens (primary N) is 1. The van der Waals surface area contributed by atoms with Crippen molar-refractivity contribution < 1.29 is 9.47 Å². The van der Waals surface area contributed by atoms with Gasteiger partial charge in [-0.15, -0.1) is 0 Å². The molecule has 2 rings (SSSR count). The van der Waals surface area contributed by atoms with Gasteiger partial charge >= 0.3 is 0 Å². The molecule has 1 aliphatic rings. The molecule has 0 bridgehead atoms. The second-order valence-corrected chi connectivity index (χ2v) is 4.87. The van der Waals surface area contributed by atoms with Crippen LogP contribution >= 0.6 is 0 Å². The quantitative estimate of drug-likeness (QED) is 0.865. The molecule has 1 aromatic rings. The van der Waals surface area contributed by atoms with Crippen LogP contribution in [-0.4, -0.2) is 44.8 Å². The zero-order valence-corrected chi connectivity index (χ0v) is 12.4. The van der Waals surface area contributed by atoms with E-state index in [4.69, 9.17) is 15.2 Å². The number of benzene rings is 1. The standard InChI is InChI=1S/C16H24N2O2/c1-3-20-16-12-14(4-5-15(16)19-2)13-6-9-18(10-7-13)11-8-17/h4-6,12H,3,7-11,17H2,1-2H3. The summed E-state index contributed by atoms with van der Waals surface area (Å²) in [7, 11) is 1.67. The van der Waals surface area contributed by atoms with Crippen LogP contribution in [0.25, 0.3) is 5.57 Å². The van der Waals surface area contributed by atoms with Crippen molar-refractivity contribution in [3.63, 3.8) is 0 Å². The van der Waals surface area contributed by atoms with Crippen LogP contribution in [0.2, 0.25) is 0 Å². The van der Waals surface area contributed by atoms with E-state index in [1.165, 1.54) is 11.1 Å². The number of nitrogens with zero attached hydrogens (tertiary/aromatic N) is 1. The highest BCUT2D eigenvalue weighted by Crippen LogP contribution is 2.32. The van der Waals surface area contributed by atoms with Gasteiger partial charge in [0, 0.05) is 26.2 Å². The molecule has 0 atom stereocenters. The monoisotopic (exact) mass is 276 g/mol. The lowest BCUT2D eigenvalue weighted by molar-refractivity contribution is 0.308. The lowest BCUT2D eigenvalue weighted by Crippen LogP contribution is -2.33. The van der Waals surface area contributed by atoms with Crippen LogP contribution in [0.3, 0.4) is 0 Å². The molecule has 2 N–H and O–H groups in total.